The van der Waals surface area contributed by atoms with Crippen molar-refractivity contribution >= 4 is 17.8 Å². The van der Waals surface area contributed by atoms with Crippen molar-refractivity contribution < 1.29 is 29.0 Å². The fourth-order valence-corrected chi connectivity index (χ4v) is 4.26. The van der Waals surface area contributed by atoms with E-state index in [4.69, 9.17) is 9.47 Å². The second-order valence-electron chi connectivity index (χ2n) is 9.38. The van der Waals surface area contributed by atoms with Crippen LogP contribution >= 0.6 is 0 Å². The van der Waals surface area contributed by atoms with E-state index in [1.165, 1.54) is 7.11 Å². The van der Waals surface area contributed by atoms with E-state index >= 15 is 0 Å². The number of aliphatic hydroxyl groups is 1. The van der Waals surface area contributed by atoms with E-state index in [0.717, 1.165) is 11.1 Å². The van der Waals surface area contributed by atoms with Crippen LogP contribution < -0.4 is 15.4 Å². The fraction of sp³-hybridized carbons (Fsp3) is 0.182. The van der Waals surface area contributed by atoms with Gasteiger partial charge in [-0.2, -0.15) is 0 Å². The third-order valence-corrected chi connectivity index (χ3v) is 6.48. The maximum Gasteiger partial charge on any atom is 0.328 e. The molecule has 4 aromatic rings. The largest absolute Gasteiger partial charge is 0.489 e. The minimum absolute atomic E-state index is 0.122. The van der Waals surface area contributed by atoms with Gasteiger partial charge in [-0.25, -0.2) is 4.79 Å². The van der Waals surface area contributed by atoms with Crippen molar-refractivity contribution in [3.05, 3.63) is 138 Å². The average Bonchev–Trinajstić information content (AvgIpc) is 3.03. The summed E-state index contributed by atoms with van der Waals surface area (Å²) in [6.07, 6.45) is -1.57. The van der Waals surface area contributed by atoms with Crippen molar-refractivity contribution in [3.63, 3.8) is 0 Å². The van der Waals surface area contributed by atoms with Gasteiger partial charge in [0, 0.05) is 12.0 Å². The van der Waals surface area contributed by atoms with Crippen LogP contribution in [0.15, 0.2) is 115 Å². The lowest BCUT2D eigenvalue weighted by atomic mass is 9.99. The van der Waals surface area contributed by atoms with Gasteiger partial charge in [-0.15, -0.1) is 0 Å². The van der Waals surface area contributed by atoms with E-state index in [0.29, 0.717) is 23.5 Å². The maximum atomic E-state index is 13.2. The fourth-order valence-electron chi connectivity index (χ4n) is 4.26. The van der Waals surface area contributed by atoms with Gasteiger partial charge < -0.3 is 25.2 Å². The van der Waals surface area contributed by atoms with Crippen molar-refractivity contribution in [2.45, 2.75) is 31.2 Å². The number of aliphatic hydroxyl groups excluding tert-OH is 1. The van der Waals surface area contributed by atoms with Crippen LogP contribution in [-0.2, 0) is 27.4 Å². The first-order chi connectivity index (χ1) is 19.9. The highest BCUT2D eigenvalue weighted by molar-refractivity contribution is 5.95. The number of hydrogen-bond acceptors (Lipinski definition) is 6. The summed E-state index contributed by atoms with van der Waals surface area (Å²) in [4.78, 5) is 38.7. The molecule has 8 nitrogen and oxygen atoms in total. The van der Waals surface area contributed by atoms with Crippen LogP contribution in [0.3, 0.4) is 0 Å². The van der Waals surface area contributed by atoms with Crippen LogP contribution in [0.1, 0.15) is 33.1 Å². The summed E-state index contributed by atoms with van der Waals surface area (Å²) in [6, 6.07) is 32.0. The van der Waals surface area contributed by atoms with Crippen LogP contribution in [0, 0.1) is 0 Å². The molecule has 0 fully saturated rings. The zero-order valence-electron chi connectivity index (χ0n) is 22.6. The molecular weight excluding hydrogens is 520 g/mol. The molecule has 4 rings (SSSR count). The molecule has 0 unspecified atom stereocenters. The predicted octanol–water partition coefficient (Wildman–Crippen LogP) is 4.00. The van der Waals surface area contributed by atoms with Gasteiger partial charge in [0.25, 0.3) is 11.8 Å². The van der Waals surface area contributed by atoms with Gasteiger partial charge in [0.2, 0.25) is 0 Å². The smallest absolute Gasteiger partial charge is 0.328 e. The van der Waals surface area contributed by atoms with E-state index in [2.05, 4.69) is 10.6 Å². The minimum Gasteiger partial charge on any atom is -0.489 e. The molecule has 4 aromatic carbocycles. The van der Waals surface area contributed by atoms with Crippen molar-refractivity contribution in [1.82, 2.24) is 10.6 Å². The monoisotopic (exact) mass is 552 g/mol. The molecule has 0 spiro atoms. The number of carbonyl (C=O) groups is 3. The highest BCUT2D eigenvalue weighted by Crippen LogP contribution is 2.20. The summed E-state index contributed by atoms with van der Waals surface area (Å²) in [7, 11) is 1.23. The number of carbonyl (C=O) groups excluding carboxylic acids is 3. The van der Waals surface area contributed by atoms with Gasteiger partial charge in [-0.3, -0.25) is 9.59 Å². The molecule has 0 aromatic heterocycles. The van der Waals surface area contributed by atoms with Crippen LogP contribution in [0.5, 0.6) is 5.75 Å². The Morgan fingerprint density at radius 2 is 1.32 bits per heavy atom. The average molecular weight is 553 g/mol. The molecule has 3 N–H and O–H groups in total. The Labute approximate surface area is 238 Å². The number of hydrogen-bond donors (Lipinski definition) is 3. The molecule has 0 aliphatic heterocycles. The molecule has 0 radical (unpaired) electrons. The van der Waals surface area contributed by atoms with Gasteiger partial charge in [-0.05, 0) is 41.0 Å². The van der Waals surface area contributed by atoms with E-state index in [1.807, 2.05) is 30.3 Å². The van der Waals surface area contributed by atoms with E-state index in [1.54, 1.807) is 84.9 Å². The molecule has 0 heterocycles. The van der Waals surface area contributed by atoms with Crippen molar-refractivity contribution in [3.8, 4) is 5.75 Å². The molecule has 8 heteroatoms. The summed E-state index contributed by atoms with van der Waals surface area (Å²) >= 11 is 0. The summed E-state index contributed by atoms with van der Waals surface area (Å²) in [6.45, 7) is 0.419. The van der Waals surface area contributed by atoms with Gasteiger partial charge in [0.05, 0.1) is 13.2 Å². The summed E-state index contributed by atoms with van der Waals surface area (Å²) in [5.41, 5.74) is 2.70. The molecule has 0 aliphatic carbocycles. The van der Waals surface area contributed by atoms with Crippen LogP contribution in [0.25, 0.3) is 0 Å². The minimum atomic E-state index is -1.69. The lowest BCUT2D eigenvalue weighted by Gasteiger charge is -2.26. The molecule has 41 heavy (non-hydrogen) atoms. The number of rotatable bonds is 12. The second-order valence-corrected chi connectivity index (χ2v) is 9.38. The normalized spacial score (nSPS) is 12.8. The Balaban J connectivity index is 1.44. The maximum absolute atomic E-state index is 13.2. The predicted molar refractivity (Wildman–Crippen MR) is 154 cm³/mol. The number of amides is 2. The molecular formula is C33H32N2O6. The molecule has 0 bridgehead atoms. The standard InChI is InChI=1S/C33H32N2O6/c1-40-33(39)28(21-23-17-19-27(20-18-23)41-22-24-11-5-2-6-12-24)34-32(38)30(36)29(25-13-7-3-8-14-25)35-31(37)26-15-9-4-10-16-26/h2-20,28-30,36H,21-22H2,1H3,(H,34,38)(H,35,37)/t28-,29-,30+/m0/s1. The van der Waals surface area contributed by atoms with E-state index < -0.39 is 36.0 Å². The van der Waals surface area contributed by atoms with Gasteiger partial charge in [0.1, 0.15) is 18.4 Å². The van der Waals surface area contributed by atoms with Crippen molar-refractivity contribution in [1.29, 1.82) is 0 Å². The number of methoxy groups -OCH3 is 1. The number of esters is 1. The van der Waals surface area contributed by atoms with Crippen molar-refractivity contribution in [2.24, 2.45) is 0 Å². The van der Waals surface area contributed by atoms with Crippen LogP contribution in [0.4, 0.5) is 0 Å². The quantitative estimate of drug-likeness (QED) is 0.229. The van der Waals surface area contributed by atoms with Crippen LogP contribution in [-0.4, -0.2) is 42.1 Å². The SMILES string of the molecule is COC(=O)[C@H](Cc1ccc(OCc2ccccc2)cc1)NC(=O)[C@H](O)[C@@H](NC(=O)c1ccccc1)c1ccccc1. The molecule has 0 saturated heterocycles. The van der Waals surface area contributed by atoms with Gasteiger partial charge in [-0.1, -0.05) is 91.0 Å². The molecule has 3 atom stereocenters. The summed E-state index contributed by atoms with van der Waals surface area (Å²) < 4.78 is 10.7. The number of nitrogens with one attached hydrogen (secondary N) is 2. The molecule has 0 saturated carbocycles. The summed E-state index contributed by atoms with van der Waals surface area (Å²) in [5, 5.41) is 16.4. The Morgan fingerprint density at radius 1 is 0.732 bits per heavy atom. The topological polar surface area (TPSA) is 114 Å². The summed E-state index contributed by atoms with van der Waals surface area (Å²) in [5.74, 6) is -1.29. The highest BCUT2D eigenvalue weighted by atomic mass is 16.5. The Kier molecular flexibility index (Phi) is 10.2. The Hall–Kier alpha value is -4.95. The molecule has 210 valence electrons. The number of ether oxygens (including phenoxy) is 2. The first-order valence-electron chi connectivity index (χ1n) is 13.2. The Morgan fingerprint density at radius 3 is 1.93 bits per heavy atom. The third kappa shape index (κ3) is 8.27. The van der Waals surface area contributed by atoms with E-state index in [-0.39, 0.29) is 6.42 Å². The number of benzene rings is 4. The Bertz CT molecular complexity index is 1410. The first kappa shape index (κ1) is 29.0. The zero-order chi connectivity index (χ0) is 29.0. The zero-order valence-corrected chi connectivity index (χ0v) is 22.6. The third-order valence-electron chi connectivity index (χ3n) is 6.48. The lowest BCUT2D eigenvalue weighted by molar-refractivity contribution is -0.146. The van der Waals surface area contributed by atoms with E-state index in [9.17, 15) is 19.5 Å². The van der Waals surface area contributed by atoms with Gasteiger partial charge in [0.15, 0.2) is 6.10 Å². The van der Waals surface area contributed by atoms with Gasteiger partial charge >= 0.3 is 5.97 Å². The van der Waals surface area contributed by atoms with Crippen LogP contribution in [0.2, 0.25) is 0 Å². The highest BCUT2D eigenvalue weighted by Gasteiger charge is 2.32. The molecule has 2 amide bonds. The second kappa shape index (κ2) is 14.4. The molecule has 0 aliphatic rings. The first-order valence-corrected chi connectivity index (χ1v) is 13.2. The van der Waals surface area contributed by atoms with Crippen molar-refractivity contribution in [2.75, 3.05) is 7.11 Å². The lowest BCUT2D eigenvalue weighted by Crippen LogP contribution is -2.51.